The molecule has 0 bridgehead atoms. The number of aryl methyl sites for hydroxylation is 1. The van der Waals surface area contributed by atoms with E-state index >= 15 is 0 Å². The lowest BCUT2D eigenvalue weighted by molar-refractivity contribution is -0.135. The molecule has 1 N–H and O–H groups in total. The number of carbonyl (C=O) groups excluding carboxylic acids is 1. The summed E-state index contributed by atoms with van der Waals surface area (Å²) < 4.78 is 21.5. The first-order chi connectivity index (χ1) is 12.0. The van der Waals surface area contributed by atoms with Crippen LogP contribution in [0, 0.1) is 6.92 Å². The molecule has 1 aliphatic heterocycles. The number of benzene rings is 1. The number of pyridine rings is 1. The summed E-state index contributed by atoms with van der Waals surface area (Å²) in [7, 11) is 4.56. The van der Waals surface area contributed by atoms with Gasteiger partial charge in [-0.25, -0.2) is 0 Å². The lowest BCUT2D eigenvalue weighted by Crippen LogP contribution is -2.28. The molecule has 0 aliphatic carbocycles. The van der Waals surface area contributed by atoms with Gasteiger partial charge < -0.3 is 23.9 Å². The molecule has 25 heavy (non-hydrogen) atoms. The number of aromatic amines is 1. The normalized spacial score (nSPS) is 16.0. The third-order valence-corrected chi connectivity index (χ3v) is 4.21. The molecular weight excluding hydrogens is 326 g/mol. The van der Waals surface area contributed by atoms with Crippen molar-refractivity contribution >= 4 is 5.97 Å². The zero-order chi connectivity index (χ0) is 18.1. The molecule has 0 saturated carbocycles. The number of methoxy groups -OCH3 is 3. The SMILES string of the molecule is COc1cc(OC)c([C@H]2CC(=O)Oc3cc(C)[nH]c(=O)c32)c(OC)c1. The summed E-state index contributed by atoms with van der Waals surface area (Å²) in [5.74, 6) is 0.804. The van der Waals surface area contributed by atoms with Crippen molar-refractivity contribution in [1.82, 2.24) is 4.98 Å². The average molecular weight is 345 g/mol. The number of hydrogen-bond acceptors (Lipinski definition) is 6. The molecule has 132 valence electrons. The van der Waals surface area contributed by atoms with Crippen molar-refractivity contribution in [1.29, 1.82) is 0 Å². The highest BCUT2D eigenvalue weighted by molar-refractivity contribution is 5.78. The van der Waals surface area contributed by atoms with Gasteiger partial charge in [0.1, 0.15) is 23.0 Å². The summed E-state index contributed by atoms with van der Waals surface area (Å²) in [6.45, 7) is 1.73. The number of rotatable bonds is 4. The van der Waals surface area contributed by atoms with Crippen LogP contribution in [0.3, 0.4) is 0 Å². The van der Waals surface area contributed by atoms with Crippen LogP contribution in [0.15, 0.2) is 23.0 Å². The summed E-state index contributed by atoms with van der Waals surface area (Å²) >= 11 is 0. The number of fused-ring (bicyclic) bond motifs is 1. The van der Waals surface area contributed by atoms with Gasteiger partial charge in [-0.1, -0.05) is 0 Å². The molecule has 7 heteroatoms. The fourth-order valence-corrected chi connectivity index (χ4v) is 3.14. The Balaban J connectivity index is 2.28. The lowest BCUT2D eigenvalue weighted by Gasteiger charge is -2.27. The van der Waals surface area contributed by atoms with Crippen molar-refractivity contribution in [3.8, 4) is 23.0 Å². The Bertz CT molecular complexity index is 861. The minimum atomic E-state index is -0.545. The molecule has 0 unspecified atom stereocenters. The van der Waals surface area contributed by atoms with E-state index in [-0.39, 0.29) is 17.7 Å². The average Bonchev–Trinajstić information content (AvgIpc) is 2.58. The predicted molar refractivity (Wildman–Crippen MR) is 90.0 cm³/mol. The molecule has 0 fully saturated rings. The maximum atomic E-state index is 12.5. The predicted octanol–water partition coefficient (Wildman–Crippen LogP) is 2.15. The molecule has 1 atom stereocenters. The van der Waals surface area contributed by atoms with Crippen LogP contribution in [0.1, 0.15) is 29.2 Å². The van der Waals surface area contributed by atoms with Gasteiger partial charge in [0.2, 0.25) is 0 Å². The van der Waals surface area contributed by atoms with Gasteiger partial charge in [-0.2, -0.15) is 0 Å². The molecule has 0 spiro atoms. The third kappa shape index (κ3) is 2.93. The van der Waals surface area contributed by atoms with Gasteiger partial charge >= 0.3 is 5.97 Å². The van der Waals surface area contributed by atoms with E-state index in [1.54, 1.807) is 25.1 Å². The number of H-pyrrole nitrogens is 1. The molecular formula is C18H19NO6. The van der Waals surface area contributed by atoms with Crippen LogP contribution in [0.2, 0.25) is 0 Å². The number of carbonyl (C=O) groups is 1. The van der Waals surface area contributed by atoms with Gasteiger partial charge in [0.15, 0.2) is 0 Å². The van der Waals surface area contributed by atoms with E-state index in [2.05, 4.69) is 4.98 Å². The smallest absolute Gasteiger partial charge is 0.312 e. The Morgan fingerprint density at radius 3 is 2.20 bits per heavy atom. The van der Waals surface area contributed by atoms with Gasteiger partial charge in [-0.3, -0.25) is 9.59 Å². The number of ether oxygens (including phenoxy) is 4. The summed E-state index contributed by atoms with van der Waals surface area (Å²) in [5, 5.41) is 0. The van der Waals surface area contributed by atoms with Gasteiger partial charge in [0, 0.05) is 35.4 Å². The van der Waals surface area contributed by atoms with Crippen LogP contribution in [-0.2, 0) is 4.79 Å². The zero-order valence-electron chi connectivity index (χ0n) is 14.5. The second kappa shape index (κ2) is 6.51. The van der Waals surface area contributed by atoms with Gasteiger partial charge in [0.25, 0.3) is 5.56 Å². The van der Waals surface area contributed by atoms with E-state index in [0.717, 1.165) is 0 Å². The van der Waals surface area contributed by atoms with Crippen LogP contribution in [0.25, 0.3) is 0 Å². The lowest BCUT2D eigenvalue weighted by atomic mass is 9.85. The fourth-order valence-electron chi connectivity index (χ4n) is 3.14. The first-order valence-corrected chi connectivity index (χ1v) is 7.72. The maximum absolute atomic E-state index is 12.5. The van der Waals surface area contributed by atoms with Crippen LogP contribution in [0.5, 0.6) is 23.0 Å². The molecule has 0 radical (unpaired) electrons. The van der Waals surface area contributed by atoms with Crippen molar-refractivity contribution < 1.29 is 23.7 Å². The van der Waals surface area contributed by atoms with Crippen LogP contribution in [-0.4, -0.2) is 32.3 Å². The highest BCUT2D eigenvalue weighted by atomic mass is 16.5. The monoisotopic (exact) mass is 345 g/mol. The van der Waals surface area contributed by atoms with E-state index < -0.39 is 11.9 Å². The highest BCUT2D eigenvalue weighted by Gasteiger charge is 2.35. The van der Waals surface area contributed by atoms with Crippen molar-refractivity contribution in [3.63, 3.8) is 0 Å². The molecule has 1 aromatic carbocycles. The van der Waals surface area contributed by atoms with Crippen molar-refractivity contribution in [2.75, 3.05) is 21.3 Å². The molecule has 2 heterocycles. The topological polar surface area (TPSA) is 86.9 Å². The molecule has 1 aromatic heterocycles. The van der Waals surface area contributed by atoms with E-state index in [0.29, 0.717) is 34.1 Å². The van der Waals surface area contributed by atoms with Crippen molar-refractivity contribution in [2.24, 2.45) is 0 Å². The van der Waals surface area contributed by atoms with Crippen LogP contribution < -0.4 is 24.5 Å². The molecule has 1 aliphatic rings. The summed E-state index contributed by atoms with van der Waals surface area (Å²) in [6.07, 6.45) is 0.0121. The first-order valence-electron chi connectivity index (χ1n) is 7.72. The number of esters is 1. The molecule has 3 rings (SSSR count). The van der Waals surface area contributed by atoms with E-state index in [1.807, 2.05) is 0 Å². The van der Waals surface area contributed by atoms with Gasteiger partial charge in [0.05, 0.1) is 33.3 Å². The van der Waals surface area contributed by atoms with Gasteiger partial charge in [-0.15, -0.1) is 0 Å². The molecule has 7 nitrogen and oxygen atoms in total. The Labute approximate surface area is 144 Å². The van der Waals surface area contributed by atoms with Gasteiger partial charge in [-0.05, 0) is 6.92 Å². The molecule has 0 amide bonds. The Kier molecular flexibility index (Phi) is 4.39. The Morgan fingerprint density at radius 2 is 1.64 bits per heavy atom. The second-order valence-electron chi connectivity index (χ2n) is 5.74. The van der Waals surface area contributed by atoms with Crippen molar-refractivity contribution in [3.05, 3.63) is 45.4 Å². The quantitative estimate of drug-likeness (QED) is 0.855. The standard InChI is InChI=1S/C18H19NO6/c1-9-5-14-17(18(21)19-9)11(8-15(20)25-14)16-12(23-3)6-10(22-2)7-13(16)24-4/h5-7,11H,8H2,1-4H3,(H,19,21)/t11-/m1/s1. The number of nitrogens with one attached hydrogen (secondary N) is 1. The number of aromatic nitrogens is 1. The molecule has 0 saturated heterocycles. The number of hydrogen-bond donors (Lipinski definition) is 1. The van der Waals surface area contributed by atoms with Crippen LogP contribution >= 0.6 is 0 Å². The largest absolute Gasteiger partial charge is 0.496 e. The van der Waals surface area contributed by atoms with E-state index in [9.17, 15) is 9.59 Å². The molecule has 2 aromatic rings. The van der Waals surface area contributed by atoms with Crippen molar-refractivity contribution in [2.45, 2.75) is 19.3 Å². The van der Waals surface area contributed by atoms with Crippen LogP contribution in [0.4, 0.5) is 0 Å². The fraction of sp³-hybridized carbons (Fsp3) is 0.333. The summed E-state index contributed by atoms with van der Waals surface area (Å²) in [4.78, 5) is 27.4. The maximum Gasteiger partial charge on any atom is 0.312 e. The minimum Gasteiger partial charge on any atom is -0.496 e. The van der Waals surface area contributed by atoms with E-state index in [1.165, 1.54) is 21.3 Å². The Hall–Kier alpha value is -2.96. The summed E-state index contributed by atoms with van der Waals surface area (Å²) in [6, 6.07) is 5.03. The first kappa shape index (κ1) is 16.9. The minimum absolute atomic E-state index is 0.0121. The second-order valence-corrected chi connectivity index (χ2v) is 5.74. The Morgan fingerprint density at radius 1 is 1.00 bits per heavy atom. The third-order valence-electron chi connectivity index (χ3n) is 4.21. The van der Waals surface area contributed by atoms with E-state index in [4.69, 9.17) is 18.9 Å². The highest BCUT2D eigenvalue weighted by Crippen LogP contribution is 2.46. The zero-order valence-corrected chi connectivity index (χ0v) is 14.5. The summed E-state index contributed by atoms with van der Waals surface area (Å²) in [5.41, 5.74) is 1.31.